The van der Waals surface area contributed by atoms with Crippen molar-refractivity contribution in [3.05, 3.63) is 57.0 Å². The lowest BCUT2D eigenvalue weighted by Gasteiger charge is -2.11. The first-order valence-electron chi connectivity index (χ1n) is 6.19. The van der Waals surface area contributed by atoms with E-state index in [1.165, 1.54) is 11.6 Å². The fourth-order valence-corrected chi connectivity index (χ4v) is 2.65. The van der Waals surface area contributed by atoms with Crippen molar-refractivity contribution in [2.75, 3.05) is 5.32 Å². The molecule has 0 bridgehead atoms. The third-order valence-corrected chi connectivity index (χ3v) is 3.87. The molecule has 2 aromatic rings. The lowest BCUT2D eigenvalue weighted by molar-refractivity contribution is -0.0497. The van der Waals surface area contributed by atoms with Crippen LogP contribution in [-0.2, 0) is 6.54 Å². The number of hydrogen-bond acceptors (Lipinski definition) is 2. The molecule has 0 amide bonds. The third-order valence-electron chi connectivity index (χ3n) is 2.84. The molecule has 6 heteroatoms. The van der Waals surface area contributed by atoms with Gasteiger partial charge >= 0.3 is 6.61 Å². The van der Waals surface area contributed by atoms with Gasteiger partial charge in [-0.25, -0.2) is 0 Å². The van der Waals surface area contributed by atoms with Crippen molar-refractivity contribution in [1.82, 2.24) is 0 Å². The first kappa shape index (κ1) is 16.0. The summed E-state index contributed by atoms with van der Waals surface area (Å²) in [6.07, 6.45) is 0. The Hall–Kier alpha value is -1.33. The number of alkyl halides is 2. The molecule has 0 radical (unpaired) electrons. The number of aryl methyl sites for hydroxylation is 1. The van der Waals surface area contributed by atoms with Crippen LogP contribution in [-0.4, -0.2) is 6.61 Å². The van der Waals surface area contributed by atoms with Crippen molar-refractivity contribution in [3.8, 4) is 5.75 Å². The molecule has 2 aromatic carbocycles. The van der Waals surface area contributed by atoms with Gasteiger partial charge in [-0.3, -0.25) is 0 Å². The van der Waals surface area contributed by atoms with Gasteiger partial charge in [-0.05, 0) is 42.3 Å². The van der Waals surface area contributed by atoms with E-state index in [1.54, 1.807) is 12.1 Å². The molecule has 0 saturated carbocycles. The van der Waals surface area contributed by atoms with Crippen LogP contribution >= 0.6 is 27.5 Å². The zero-order valence-electron chi connectivity index (χ0n) is 11.2. The molecule has 0 fully saturated rings. The van der Waals surface area contributed by atoms with E-state index in [1.807, 2.05) is 25.1 Å². The van der Waals surface area contributed by atoms with Crippen LogP contribution in [0.5, 0.6) is 5.75 Å². The molecule has 0 spiro atoms. The lowest BCUT2D eigenvalue weighted by atomic mass is 10.1. The SMILES string of the molecule is Cc1ccc(CNc2ccc(OC(F)F)c(Cl)c2)c(Br)c1. The summed E-state index contributed by atoms with van der Waals surface area (Å²) in [6, 6.07) is 10.7. The first-order chi connectivity index (χ1) is 9.95. The average Bonchev–Trinajstić information content (AvgIpc) is 2.40. The zero-order valence-corrected chi connectivity index (χ0v) is 13.5. The Morgan fingerprint density at radius 1 is 1.24 bits per heavy atom. The molecule has 2 rings (SSSR count). The van der Waals surface area contributed by atoms with Gasteiger partial charge in [0.2, 0.25) is 0 Å². The molecule has 112 valence electrons. The maximum atomic E-state index is 12.1. The standard InChI is InChI=1S/C15H13BrClF2NO/c1-9-2-3-10(12(16)6-9)8-20-11-4-5-14(13(17)7-11)21-15(18)19/h2-7,15,20H,8H2,1H3. The molecular weight excluding hydrogens is 364 g/mol. The molecule has 0 saturated heterocycles. The molecule has 0 heterocycles. The highest BCUT2D eigenvalue weighted by atomic mass is 79.9. The minimum atomic E-state index is -2.88. The Morgan fingerprint density at radius 3 is 2.62 bits per heavy atom. The van der Waals surface area contributed by atoms with E-state index in [-0.39, 0.29) is 10.8 Å². The fourth-order valence-electron chi connectivity index (χ4n) is 1.80. The van der Waals surface area contributed by atoms with E-state index in [2.05, 4.69) is 26.0 Å². The van der Waals surface area contributed by atoms with Gasteiger partial charge in [0.1, 0.15) is 5.75 Å². The van der Waals surface area contributed by atoms with E-state index < -0.39 is 6.61 Å². The van der Waals surface area contributed by atoms with Crippen LogP contribution in [0.3, 0.4) is 0 Å². The van der Waals surface area contributed by atoms with Crippen molar-refractivity contribution in [3.63, 3.8) is 0 Å². The predicted molar refractivity (Wildman–Crippen MR) is 84.3 cm³/mol. The van der Waals surface area contributed by atoms with Crippen molar-refractivity contribution < 1.29 is 13.5 Å². The monoisotopic (exact) mass is 375 g/mol. The van der Waals surface area contributed by atoms with Gasteiger partial charge in [0, 0.05) is 16.7 Å². The summed E-state index contributed by atoms with van der Waals surface area (Å²) in [5.74, 6) is -0.0336. The largest absolute Gasteiger partial charge is 0.433 e. The Morgan fingerprint density at radius 2 is 2.00 bits per heavy atom. The number of halogens is 4. The van der Waals surface area contributed by atoms with Crippen LogP contribution in [0.2, 0.25) is 5.02 Å². The van der Waals surface area contributed by atoms with E-state index in [0.717, 1.165) is 15.7 Å². The molecule has 0 atom stereocenters. The summed E-state index contributed by atoms with van der Waals surface area (Å²) in [7, 11) is 0. The van der Waals surface area contributed by atoms with Crippen molar-refractivity contribution in [2.45, 2.75) is 20.1 Å². The summed E-state index contributed by atoms with van der Waals surface area (Å²) in [6.45, 7) is -0.278. The quantitative estimate of drug-likeness (QED) is 0.731. The lowest BCUT2D eigenvalue weighted by Crippen LogP contribution is -2.03. The van der Waals surface area contributed by atoms with Gasteiger partial charge in [-0.1, -0.05) is 39.7 Å². The summed E-state index contributed by atoms with van der Waals surface area (Å²) in [4.78, 5) is 0. The smallest absolute Gasteiger partial charge is 0.387 e. The van der Waals surface area contributed by atoms with Crippen LogP contribution in [0.15, 0.2) is 40.9 Å². The van der Waals surface area contributed by atoms with Gasteiger partial charge in [0.05, 0.1) is 5.02 Å². The van der Waals surface area contributed by atoms with Crippen LogP contribution in [0.25, 0.3) is 0 Å². The molecule has 0 aromatic heterocycles. The second-order valence-electron chi connectivity index (χ2n) is 4.47. The minimum Gasteiger partial charge on any atom is -0.433 e. The van der Waals surface area contributed by atoms with E-state index in [0.29, 0.717) is 6.54 Å². The van der Waals surface area contributed by atoms with Crippen LogP contribution < -0.4 is 10.1 Å². The highest BCUT2D eigenvalue weighted by Gasteiger charge is 2.09. The van der Waals surface area contributed by atoms with Gasteiger partial charge in [-0.15, -0.1) is 0 Å². The molecule has 0 aliphatic carbocycles. The van der Waals surface area contributed by atoms with Crippen molar-refractivity contribution in [2.24, 2.45) is 0 Å². The maximum Gasteiger partial charge on any atom is 0.387 e. The molecule has 0 aliphatic rings. The van der Waals surface area contributed by atoms with Gasteiger partial charge in [0.15, 0.2) is 0 Å². The number of ether oxygens (including phenoxy) is 1. The number of anilines is 1. The normalized spacial score (nSPS) is 10.8. The minimum absolute atomic E-state index is 0.0336. The van der Waals surface area contributed by atoms with Gasteiger partial charge in [0.25, 0.3) is 0 Å². The van der Waals surface area contributed by atoms with Crippen molar-refractivity contribution in [1.29, 1.82) is 0 Å². The van der Waals surface area contributed by atoms with Gasteiger partial charge in [-0.2, -0.15) is 8.78 Å². The Balaban J connectivity index is 2.05. The highest BCUT2D eigenvalue weighted by Crippen LogP contribution is 2.29. The van der Waals surface area contributed by atoms with Crippen LogP contribution in [0.1, 0.15) is 11.1 Å². The molecule has 0 unspecified atom stereocenters. The number of hydrogen-bond donors (Lipinski definition) is 1. The summed E-state index contributed by atoms with van der Waals surface area (Å²) < 4.78 is 29.6. The molecule has 0 aliphatic heterocycles. The summed E-state index contributed by atoms with van der Waals surface area (Å²) in [5, 5.41) is 3.33. The van der Waals surface area contributed by atoms with E-state index in [9.17, 15) is 8.78 Å². The van der Waals surface area contributed by atoms with Crippen molar-refractivity contribution >= 4 is 33.2 Å². The molecular formula is C15H13BrClF2NO. The topological polar surface area (TPSA) is 21.3 Å². The number of benzene rings is 2. The second kappa shape index (κ2) is 7.09. The van der Waals surface area contributed by atoms with Crippen LogP contribution in [0.4, 0.5) is 14.5 Å². The fraction of sp³-hybridized carbons (Fsp3) is 0.200. The second-order valence-corrected chi connectivity index (χ2v) is 5.73. The summed E-state index contributed by atoms with van der Waals surface area (Å²) in [5.41, 5.74) is 2.99. The van der Waals surface area contributed by atoms with E-state index >= 15 is 0 Å². The Labute approximate surface area is 135 Å². The average molecular weight is 377 g/mol. The Kier molecular flexibility index (Phi) is 5.42. The summed E-state index contributed by atoms with van der Waals surface area (Å²) >= 11 is 9.40. The number of nitrogens with one attached hydrogen (secondary N) is 1. The molecule has 2 nitrogen and oxygen atoms in total. The molecule has 21 heavy (non-hydrogen) atoms. The highest BCUT2D eigenvalue weighted by molar-refractivity contribution is 9.10. The third kappa shape index (κ3) is 4.58. The predicted octanol–water partition coefficient (Wildman–Crippen LogP) is 5.62. The van der Waals surface area contributed by atoms with Gasteiger partial charge < -0.3 is 10.1 Å². The maximum absolute atomic E-state index is 12.1. The first-order valence-corrected chi connectivity index (χ1v) is 7.36. The Bertz CT molecular complexity index is 637. The zero-order chi connectivity index (χ0) is 15.4. The number of rotatable bonds is 5. The van der Waals surface area contributed by atoms with E-state index in [4.69, 9.17) is 11.6 Å². The van der Waals surface area contributed by atoms with Crippen LogP contribution in [0, 0.1) is 6.92 Å². The molecule has 1 N–H and O–H groups in total.